The third-order valence-corrected chi connectivity index (χ3v) is 3.58. The lowest BCUT2D eigenvalue weighted by Crippen LogP contribution is -2.02. The Morgan fingerprint density at radius 1 is 1.42 bits per heavy atom. The number of aryl methyl sites for hydroxylation is 1. The number of carbonyl (C=O) groups is 1. The normalized spacial score (nSPS) is 11.1. The summed E-state index contributed by atoms with van der Waals surface area (Å²) in [6, 6.07) is 5.75. The SMILES string of the molecule is Cc1nc(CC(=O)c2cc3cc(F)ccc3o2)cs1. The number of Topliss-reactive ketones (excluding diaryl/α,β-unsaturated/α-hetero) is 1. The van der Waals surface area contributed by atoms with E-state index in [4.69, 9.17) is 4.42 Å². The smallest absolute Gasteiger partial charge is 0.203 e. The molecule has 3 aromatic rings. The Balaban J connectivity index is 1.89. The summed E-state index contributed by atoms with van der Waals surface area (Å²) in [7, 11) is 0. The zero-order valence-electron chi connectivity index (χ0n) is 10.1. The van der Waals surface area contributed by atoms with Crippen molar-refractivity contribution in [1.82, 2.24) is 4.98 Å². The molecule has 0 unspecified atom stereocenters. The van der Waals surface area contributed by atoms with Gasteiger partial charge < -0.3 is 4.42 Å². The van der Waals surface area contributed by atoms with Crippen LogP contribution in [0.25, 0.3) is 11.0 Å². The van der Waals surface area contributed by atoms with Crippen molar-refractivity contribution in [3.8, 4) is 0 Å². The van der Waals surface area contributed by atoms with Crippen LogP contribution in [0.4, 0.5) is 4.39 Å². The molecule has 0 spiro atoms. The molecular weight excluding hydrogens is 265 g/mol. The van der Waals surface area contributed by atoms with E-state index >= 15 is 0 Å². The first-order chi connectivity index (χ1) is 9.11. The van der Waals surface area contributed by atoms with E-state index in [0.29, 0.717) is 11.0 Å². The summed E-state index contributed by atoms with van der Waals surface area (Å²) >= 11 is 1.51. The molecule has 0 N–H and O–H groups in total. The maximum absolute atomic E-state index is 13.1. The molecular formula is C14H10FNO2S. The number of ketones is 1. The van der Waals surface area contributed by atoms with Gasteiger partial charge in [0.15, 0.2) is 5.76 Å². The van der Waals surface area contributed by atoms with Gasteiger partial charge in [-0.3, -0.25) is 4.79 Å². The summed E-state index contributed by atoms with van der Waals surface area (Å²) in [5.74, 6) is -0.254. The number of nitrogens with zero attached hydrogens (tertiary/aromatic N) is 1. The number of furan rings is 1. The molecule has 96 valence electrons. The van der Waals surface area contributed by atoms with Crippen molar-refractivity contribution in [2.24, 2.45) is 0 Å². The van der Waals surface area contributed by atoms with Crippen molar-refractivity contribution in [1.29, 1.82) is 0 Å². The van der Waals surface area contributed by atoms with E-state index < -0.39 is 0 Å². The minimum absolute atomic E-state index is 0.151. The number of fused-ring (bicyclic) bond motifs is 1. The van der Waals surface area contributed by atoms with Crippen LogP contribution in [0.3, 0.4) is 0 Å². The average Bonchev–Trinajstić information content (AvgIpc) is 2.95. The molecule has 2 heterocycles. The predicted molar refractivity (Wildman–Crippen MR) is 71.1 cm³/mol. The highest BCUT2D eigenvalue weighted by molar-refractivity contribution is 7.09. The largest absolute Gasteiger partial charge is 0.453 e. The van der Waals surface area contributed by atoms with Crippen LogP contribution in [0, 0.1) is 12.7 Å². The Morgan fingerprint density at radius 2 is 2.26 bits per heavy atom. The maximum atomic E-state index is 13.1. The first kappa shape index (κ1) is 12.0. The van der Waals surface area contributed by atoms with Crippen molar-refractivity contribution < 1.29 is 13.6 Å². The zero-order chi connectivity index (χ0) is 13.4. The maximum Gasteiger partial charge on any atom is 0.203 e. The molecule has 2 aromatic heterocycles. The second kappa shape index (κ2) is 4.59. The highest BCUT2D eigenvalue weighted by Crippen LogP contribution is 2.21. The highest BCUT2D eigenvalue weighted by Gasteiger charge is 2.14. The van der Waals surface area contributed by atoms with Gasteiger partial charge in [-0.05, 0) is 31.2 Å². The number of benzene rings is 1. The number of aromatic nitrogens is 1. The van der Waals surface area contributed by atoms with E-state index in [9.17, 15) is 9.18 Å². The topological polar surface area (TPSA) is 43.1 Å². The minimum atomic E-state index is -0.345. The van der Waals surface area contributed by atoms with Gasteiger partial charge in [0.25, 0.3) is 0 Å². The Kier molecular flexibility index (Phi) is 2.91. The molecule has 1 aromatic carbocycles. The zero-order valence-corrected chi connectivity index (χ0v) is 11.0. The fraction of sp³-hybridized carbons (Fsp3) is 0.143. The molecule has 0 aliphatic rings. The van der Waals surface area contributed by atoms with Crippen LogP contribution in [0.2, 0.25) is 0 Å². The molecule has 0 fully saturated rings. The lowest BCUT2D eigenvalue weighted by Gasteiger charge is -1.93. The van der Waals surface area contributed by atoms with Crippen LogP contribution >= 0.6 is 11.3 Å². The first-order valence-electron chi connectivity index (χ1n) is 5.75. The number of thiazole rings is 1. The van der Waals surface area contributed by atoms with E-state index in [1.165, 1.54) is 29.5 Å². The van der Waals surface area contributed by atoms with Gasteiger partial charge in [0.05, 0.1) is 17.1 Å². The number of carbonyl (C=O) groups excluding carboxylic acids is 1. The molecule has 0 saturated heterocycles. The van der Waals surface area contributed by atoms with Crippen LogP contribution in [0.5, 0.6) is 0 Å². The Labute approximate surface area is 112 Å². The van der Waals surface area contributed by atoms with Gasteiger partial charge >= 0.3 is 0 Å². The van der Waals surface area contributed by atoms with Crippen LogP contribution in [0.1, 0.15) is 21.3 Å². The van der Waals surface area contributed by atoms with Crippen molar-refractivity contribution >= 4 is 28.1 Å². The summed E-state index contributed by atoms with van der Waals surface area (Å²) in [6.45, 7) is 1.89. The van der Waals surface area contributed by atoms with E-state index in [1.807, 2.05) is 12.3 Å². The number of halogens is 1. The summed E-state index contributed by atoms with van der Waals surface area (Å²) in [5, 5.41) is 3.38. The molecule has 0 saturated carbocycles. The lowest BCUT2D eigenvalue weighted by atomic mass is 10.2. The summed E-state index contributed by atoms with van der Waals surface area (Å²) in [5.41, 5.74) is 1.25. The number of rotatable bonds is 3. The van der Waals surface area contributed by atoms with Crippen LogP contribution < -0.4 is 0 Å². The van der Waals surface area contributed by atoms with E-state index in [2.05, 4.69) is 4.98 Å². The van der Waals surface area contributed by atoms with Gasteiger partial charge in [-0.1, -0.05) is 0 Å². The van der Waals surface area contributed by atoms with Crippen molar-refractivity contribution in [3.63, 3.8) is 0 Å². The number of hydrogen-bond donors (Lipinski definition) is 0. The van der Waals surface area contributed by atoms with E-state index in [0.717, 1.165) is 10.7 Å². The Morgan fingerprint density at radius 3 is 3.00 bits per heavy atom. The third kappa shape index (κ3) is 2.42. The fourth-order valence-electron chi connectivity index (χ4n) is 1.89. The quantitative estimate of drug-likeness (QED) is 0.683. The van der Waals surface area contributed by atoms with Gasteiger partial charge in [0, 0.05) is 10.8 Å². The van der Waals surface area contributed by atoms with Gasteiger partial charge in [-0.25, -0.2) is 9.37 Å². The second-order valence-electron chi connectivity index (χ2n) is 4.25. The van der Waals surface area contributed by atoms with Gasteiger partial charge in [-0.15, -0.1) is 11.3 Å². The number of hydrogen-bond acceptors (Lipinski definition) is 4. The average molecular weight is 275 g/mol. The molecule has 0 atom stereocenters. The molecule has 0 aliphatic carbocycles. The van der Waals surface area contributed by atoms with Crippen LogP contribution in [-0.2, 0) is 6.42 Å². The predicted octanol–water partition coefficient (Wildman–Crippen LogP) is 3.76. The summed E-state index contributed by atoms with van der Waals surface area (Å²) in [4.78, 5) is 16.3. The standard InChI is InChI=1S/C14H10FNO2S/c1-8-16-11(7-19-8)6-12(17)14-5-9-4-10(15)2-3-13(9)18-14/h2-5,7H,6H2,1H3. The van der Waals surface area contributed by atoms with Gasteiger partial charge in [0.2, 0.25) is 5.78 Å². The lowest BCUT2D eigenvalue weighted by molar-refractivity contribution is 0.0967. The molecule has 0 bridgehead atoms. The van der Waals surface area contributed by atoms with Crippen molar-refractivity contribution in [2.45, 2.75) is 13.3 Å². The van der Waals surface area contributed by atoms with Crippen LogP contribution in [0.15, 0.2) is 34.1 Å². The molecule has 5 heteroatoms. The van der Waals surface area contributed by atoms with Gasteiger partial charge in [0.1, 0.15) is 11.4 Å². The fourth-order valence-corrected chi connectivity index (χ4v) is 2.51. The molecule has 19 heavy (non-hydrogen) atoms. The van der Waals surface area contributed by atoms with E-state index in [-0.39, 0.29) is 23.8 Å². The Hall–Kier alpha value is -2.01. The third-order valence-electron chi connectivity index (χ3n) is 2.76. The molecule has 3 nitrogen and oxygen atoms in total. The van der Waals surface area contributed by atoms with Crippen LogP contribution in [-0.4, -0.2) is 10.8 Å². The minimum Gasteiger partial charge on any atom is -0.453 e. The Bertz CT molecular complexity index is 760. The molecule has 0 radical (unpaired) electrons. The second-order valence-corrected chi connectivity index (χ2v) is 5.31. The van der Waals surface area contributed by atoms with Gasteiger partial charge in [-0.2, -0.15) is 0 Å². The highest BCUT2D eigenvalue weighted by atomic mass is 32.1. The van der Waals surface area contributed by atoms with E-state index in [1.54, 1.807) is 6.07 Å². The first-order valence-corrected chi connectivity index (χ1v) is 6.63. The van der Waals surface area contributed by atoms with Crippen molar-refractivity contribution in [3.05, 3.63) is 51.9 Å². The molecule has 0 amide bonds. The molecule has 3 rings (SSSR count). The van der Waals surface area contributed by atoms with Crippen molar-refractivity contribution in [2.75, 3.05) is 0 Å². The monoisotopic (exact) mass is 275 g/mol. The molecule has 0 aliphatic heterocycles. The summed E-state index contributed by atoms with van der Waals surface area (Å²) in [6.07, 6.45) is 0.201. The summed E-state index contributed by atoms with van der Waals surface area (Å²) < 4.78 is 18.5.